The molecule has 112 valence electrons. The van der Waals surface area contributed by atoms with E-state index >= 15 is 0 Å². The molecule has 0 bridgehead atoms. The van der Waals surface area contributed by atoms with Gasteiger partial charge in [-0.3, -0.25) is 9.48 Å². The Hall–Kier alpha value is -1.96. The minimum Gasteiger partial charge on any atom is -0.435 e. The van der Waals surface area contributed by atoms with E-state index in [-0.39, 0.29) is 23.8 Å². The van der Waals surface area contributed by atoms with Crippen molar-refractivity contribution < 1.29 is 18.3 Å². The van der Waals surface area contributed by atoms with Crippen LogP contribution in [0.4, 0.5) is 8.78 Å². The van der Waals surface area contributed by atoms with Crippen molar-refractivity contribution in [2.75, 3.05) is 0 Å². The number of amides is 1. The van der Waals surface area contributed by atoms with E-state index < -0.39 is 6.61 Å². The van der Waals surface area contributed by atoms with Crippen molar-refractivity contribution in [1.29, 1.82) is 0 Å². The first-order valence-electron chi connectivity index (χ1n) is 5.97. The van der Waals surface area contributed by atoms with Crippen molar-refractivity contribution in [1.82, 2.24) is 15.1 Å². The number of aryl methyl sites for hydroxylation is 1. The van der Waals surface area contributed by atoms with Crippen LogP contribution in [0.5, 0.6) is 5.75 Å². The zero-order valence-corrected chi connectivity index (χ0v) is 12.6. The van der Waals surface area contributed by atoms with Gasteiger partial charge >= 0.3 is 6.61 Å². The van der Waals surface area contributed by atoms with Crippen molar-refractivity contribution in [2.45, 2.75) is 13.2 Å². The van der Waals surface area contributed by atoms with Gasteiger partial charge in [-0.1, -0.05) is 6.07 Å². The Morgan fingerprint density at radius 2 is 2.29 bits per heavy atom. The second kappa shape index (κ2) is 6.66. The van der Waals surface area contributed by atoms with E-state index in [1.807, 2.05) is 0 Å². The predicted octanol–water partition coefficient (Wildman–Crippen LogP) is 2.71. The molecular weight excluding hydrogens is 348 g/mol. The van der Waals surface area contributed by atoms with Crippen LogP contribution in [0.2, 0.25) is 0 Å². The highest BCUT2D eigenvalue weighted by Crippen LogP contribution is 2.17. The summed E-state index contributed by atoms with van der Waals surface area (Å²) in [6.07, 6.45) is 1.62. The minimum atomic E-state index is -2.92. The Kier molecular flexibility index (Phi) is 4.89. The molecule has 1 heterocycles. The number of ether oxygens (including phenoxy) is 1. The van der Waals surface area contributed by atoms with Gasteiger partial charge in [-0.2, -0.15) is 13.9 Å². The summed E-state index contributed by atoms with van der Waals surface area (Å²) in [4.78, 5) is 12.0. The molecule has 0 saturated heterocycles. The largest absolute Gasteiger partial charge is 0.435 e. The number of aromatic nitrogens is 2. The summed E-state index contributed by atoms with van der Waals surface area (Å²) in [6, 6.07) is 5.62. The van der Waals surface area contributed by atoms with Crippen LogP contribution >= 0.6 is 15.9 Å². The Morgan fingerprint density at radius 1 is 1.52 bits per heavy atom. The molecule has 0 atom stereocenters. The van der Waals surface area contributed by atoms with Crippen molar-refractivity contribution >= 4 is 21.8 Å². The lowest BCUT2D eigenvalue weighted by Crippen LogP contribution is -2.24. The van der Waals surface area contributed by atoms with E-state index in [1.54, 1.807) is 17.9 Å². The average molecular weight is 360 g/mol. The normalized spacial score (nSPS) is 10.7. The molecule has 0 fully saturated rings. The highest BCUT2D eigenvalue weighted by Gasteiger charge is 2.11. The van der Waals surface area contributed by atoms with Gasteiger partial charge in [0, 0.05) is 12.6 Å². The molecule has 5 nitrogen and oxygen atoms in total. The molecule has 2 rings (SSSR count). The number of nitrogens with zero attached hydrogens (tertiary/aromatic N) is 2. The molecule has 0 aliphatic carbocycles. The molecule has 21 heavy (non-hydrogen) atoms. The quantitative estimate of drug-likeness (QED) is 0.892. The Morgan fingerprint density at radius 3 is 2.90 bits per heavy atom. The maximum Gasteiger partial charge on any atom is 0.387 e. The third-order valence-electron chi connectivity index (χ3n) is 2.75. The second-order valence-corrected chi connectivity index (χ2v) is 5.01. The van der Waals surface area contributed by atoms with Gasteiger partial charge in [-0.15, -0.1) is 0 Å². The van der Waals surface area contributed by atoms with E-state index in [0.717, 1.165) is 10.2 Å². The summed E-state index contributed by atoms with van der Waals surface area (Å²) in [5.41, 5.74) is 1.04. The van der Waals surface area contributed by atoms with Gasteiger partial charge < -0.3 is 10.1 Å². The third kappa shape index (κ3) is 4.01. The molecule has 0 saturated carbocycles. The summed E-state index contributed by atoms with van der Waals surface area (Å²) in [7, 11) is 1.75. The maximum atomic E-state index is 12.1. The van der Waals surface area contributed by atoms with Crippen LogP contribution in [-0.2, 0) is 13.6 Å². The van der Waals surface area contributed by atoms with Crippen LogP contribution in [0.25, 0.3) is 0 Å². The fraction of sp³-hybridized carbons (Fsp3) is 0.231. The van der Waals surface area contributed by atoms with Crippen molar-refractivity contribution in [3.05, 3.63) is 46.2 Å². The molecular formula is C13H12BrF2N3O2. The monoisotopic (exact) mass is 359 g/mol. The van der Waals surface area contributed by atoms with E-state index in [0.29, 0.717) is 0 Å². The first-order chi connectivity index (χ1) is 9.97. The molecule has 0 unspecified atom stereocenters. The number of hydrogen-bond donors (Lipinski definition) is 1. The lowest BCUT2D eigenvalue weighted by atomic mass is 10.2. The van der Waals surface area contributed by atoms with Gasteiger partial charge in [-0.25, -0.2) is 0 Å². The van der Waals surface area contributed by atoms with E-state index in [4.69, 9.17) is 0 Å². The molecule has 1 amide bonds. The lowest BCUT2D eigenvalue weighted by Gasteiger charge is -2.08. The predicted molar refractivity (Wildman–Crippen MR) is 75.2 cm³/mol. The number of benzene rings is 1. The summed E-state index contributed by atoms with van der Waals surface area (Å²) in [5, 5.41) is 6.72. The van der Waals surface area contributed by atoms with Gasteiger partial charge in [0.1, 0.15) is 5.75 Å². The summed E-state index contributed by atoms with van der Waals surface area (Å²) in [6.45, 7) is -2.66. The van der Waals surface area contributed by atoms with Gasteiger partial charge in [0.25, 0.3) is 5.91 Å². The molecule has 0 aliphatic heterocycles. The molecule has 0 spiro atoms. The Balaban J connectivity index is 2.03. The minimum absolute atomic E-state index is 0.0561. The number of rotatable bonds is 5. The van der Waals surface area contributed by atoms with Crippen LogP contribution in [0.3, 0.4) is 0 Å². The van der Waals surface area contributed by atoms with Gasteiger partial charge in [0.05, 0.1) is 22.9 Å². The van der Waals surface area contributed by atoms with Crippen molar-refractivity contribution in [3.8, 4) is 5.75 Å². The number of halogens is 3. The molecule has 0 radical (unpaired) electrons. The molecule has 2 aromatic rings. The Bertz CT molecular complexity index is 627. The first-order valence-corrected chi connectivity index (χ1v) is 6.76. The topological polar surface area (TPSA) is 56.2 Å². The molecule has 1 aromatic carbocycles. The smallest absolute Gasteiger partial charge is 0.387 e. The summed E-state index contributed by atoms with van der Waals surface area (Å²) < 4.78 is 30.9. The lowest BCUT2D eigenvalue weighted by molar-refractivity contribution is -0.0498. The summed E-state index contributed by atoms with van der Waals surface area (Å²) in [5.74, 6) is -0.442. The highest BCUT2D eigenvalue weighted by atomic mass is 79.9. The number of nitrogens with one attached hydrogen (secondary N) is 1. The van der Waals surface area contributed by atoms with E-state index in [9.17, 15) is 13.6 Å². The average Bonchev–Trinajstić information content (AvgIpc) is 2.75. The Labute approximate surface area is 128 Å². The zero-order valence-electron chi connectivity index (χ0n) is 11.0. The van der Waals surface area contributed by atoms with Gasteiger partial charge in [0.2, 0.25) is 0 Å². The first kappa shape index (κ1) is 15.4. The van der Waals surface area contributed by atoms with Crippen LogP contribution in [0, 0.1) is 0 Å². The van der Waals surface area contributed by atoms with Crippen molar-refractivity contribution in [3.63, 3.8) is 0 Å². The van der Waals surface area contributed by atoms with Gasteiger partial charge in [0.15, 0.2) is 0 Å². The van der Waals surface area contributed by atoms with Crippen molar-refractivity contribution in [2.24, 2.45) is 7.05 Å². The number of hydrogen-bond acceptors (Lipinski definition) is 3. The number of alkyl halides is 2. The molecule has 0 aliphatic rings. The van der Waals surface area contributed by atoms with Crippen LogP contribution in [0.15, 0.2) is 34.9 Å². The number of carbonyl (C=O) groups is 1. The van der Waals surface area contributed by atoms with Crippen LogP contribution in [-0.4, -0.2) is 22.3 Å². The molecule has 1 aromatic heterocycles. The van der Waals surface area contributed by atoms with E-state index in [2.05, 4.69) is 31.1 Å². The molecule has 1 N–H and O–H groups in total. The second-order valence-electron chi connectivity index (χ2n) is 4.15. The van der Waals surface area contributed by atoms with E-state index in [1.165, 1.54) is 24.3 Å². The van der Waals surface area contributed by atoms with Gasteiger partial charge in [-0.05, 0) is 34.1 Å². The number of carbonyl (C=O) groups excluding carboxylic acids is 1. The van der Waals surface area contributed by atoms with Crippen LogP contribution in [0.1, 0.15) is 16.1 Å². The highest BCUT2D eigenvalue weighted by molar-refractivity contribution is 9.10. The molecule has 8 heteroatoms. The fourth-order valence-electron chi connectivity index (χ4n) is 1.71. The zero-order chi connectivity index (χ0) is 15.4. The van der Waals surface area contributed by atoms with Crippen LogP contribution < -0.4 is 10.1 Å². The maximum absolute atomic E-state index is 12.1. The third-order valence-corrected chi connectivity index (χ3v) is 3.41. The SMILES string of the molecule is Cn1ncc(Br)c1CNC(=O)c1cccc(OC(F)F)c1. The standard InChI is InChI=1S/C13H12BrF2N3O2/c1-19-11(10(14)6-18-19)7-17-12(20)8-3-2-4-9(5-8)21-13(15)16/h2-6,13H,7H2,1H3,(H,17,20). The fourth-order valence-corrected chi connectivity index (χ4v) is 2.20. The summed E-state index contributed by atoms with van der Waals surface area (Å²) >= 11 is 3.32.